The van der Waals surface area contributed by atoms with Crippen LogP contribution in [0.25, 0.3) is 0 Å². The average molecular weight is 793 g/mol. The van der Waals surface area contributed by atoms with Crippen molar-refractivity contribution in [3.63, 3.8) is 0 Å². The number of amides is 2. The summed E-state index contributed by atoms with van der Waals surface area (Å²) >= 11 is 0. The van der Waals surface area contributed by atoms with E-state index in [4.69, 9.17) is 18.9 Å². The van der Waals surface area contributed by atoms with E-state index in [1.807, 2.05) is 6.07 Å². The zero-order valence-corrected chi connectivity index (χ0v) is 31.9. The third kappa shape index (κ3) is 7.95. The molecule has 2 saturated heterocycles. The summed E-state index contributed by atoms with van der Waals surface area (Å²) in [4.78, 5) is 82.8. The first-order valence-corrected chi connectivity index (χ1v) is 19.6. The Morgan fingerprint density at radius 1 is 0.702 bits per heavy atom. The molecule has 4 aromatic rings. The number of nitrogens with one attached hydrogen (secondary N) is 1. The van der Waals surface area contributed by atoms with Gasteiger partial charge in [-0.1, -0.05) is 84.9 Å². The van der Waals surface area contributed by atoms with Gasteiger partial charge < -0.3 is 29.2 Å². The molecule has 1 N–H and O–H groups in total. The topological polar surface area (TPSA) is 172 Å². The van der Waals surface area contributed by atoms with Gasteiger partial charge in [0.15, 0.2) is 6.10 Å². The van der Waals surface area contributed by atoms with Crippen LogP contribution in [0.3, 0.4) is 0 Å². The van der Waals surface area contributed by atoms with Gasteiger partial charge in [0.1, 0.15) is 30.2 Å². The zero-order valence-electron chi connectivity index (χ0n) is 31.1. The van der Waals surface area contributed by atoms with Crippen LogP contribution in [0.1, 0.15) is 56.9 Å². The number of ether oxygens (including phenoxy) is 4. The van der Waals surface area contributed by atoms with Crippen LogP contribution < -0.4 is 5.32 Å². The number of esters is 4. The van der Waals surface area contributed by atoms with Crippen molar-refractivity contribution in [3.05, 3.63) is 144 Å². The number of benzene rings is 4. The van der Waals surface area contributed by atoms with Gasteiger partial charge >= 0.3 is 23.9 Å². The minimum Gasteiger partial charge on any atom is -0.462 e. The summed E-state index contributed by atoms with van der Waals surface area (Å²) in [6.07, 6.45) is -2.77. The Hall–Kier alpha value is -6.15. The maximum atomic E-state index is 14.3. The lowest BCUT2D eigenvalue weighted by Crippen LogP contribution is -2.72. The molecule has 294 valence electrons. The molecule has 7 rings (SSSR count). The molecule has 0 bridgehead atoms. The van der Waals surface area contributed by atoms with Gasteiger partial charge in [0.05, 0.1) is 44.8 Å². The molecule has 13 nitrogen and oxygen atoms in total. The molecule has 3 aliphatic rings. The third-order valence-corrected chi connectivity index (χ3v) is 12.7. The van der Waals surface area contributed by atoms with Crippen LogP contribution in [-0.4, -0.2) is 85.8 Å². The fourth-order valence-corrected chi connectivity index (χ4v) is 9.45. The molecule has 0 unspecified atom stereocenters. The van der Waals surface area contributed by atoms with Crippen LogP contribution in [0, 0.1) is 11.8 Å². The molecule has 3 fully saturated rings. The summed E-state index contributed by atoms with van der Waals surface area (Å²) in [6.45, 7) is 2.85. The summed E-state index contributed by atoms with van der Waals surface area (Å²) in [5, 5.41) is 1.66. The largest absolute Gasteiger partial charge is 0.462 e. The normalized spacial score (nSPS) is 25.6. The van der Waals surface area contributed by atoms with Crippen LogP contribution in [-0.2, 0) is 50.7 Å². The first-order chi connectivity index (χ1) is 27.5. The molecule has 2 aliphatic heterocycles. The zero-order chi connectivity index (χ0) is 40.3. The number of fused-ring (bicyclic) bond motifs is 1. The fourth-order valence-electron chi connectivity index (χ4n) is 7.54. The Bertz CT molecular complexity index is 2170. The Morgan fingerprint density at radius 3 is 1.74 bits per heavy atom. The third-order valence-electron chi connectivity index (χ3n) is 10.5. The highest BCUT2D eigenvalue weighted by Gasteiger charge is 2.69. The van der Waals surface area contributed by atoms with E-state index in [-0.39, 0.29) is 36.3 Å². The van der Waals surface area contributed by atoms with Gasteiger partial charge in [0.25, 0.3) is 0 Å². The van der Waals surface area contributed by atoms with Gasteiger partial charge in [0, 0.05) is 5.92 Å². The number of carbonyl (C=O) groups excluding carboxylic acids is 6. The maximum Gasteiger partial charge on any atom is 0.338 e. The van der Waals surface area contributed by atoms with E-state index in [0.717, 1.165) is 5.56 Å². The molecule has 1 saturated carbocycles. The van der Waals surface area contributed by atoms with Gasteiger partial charge in [0.2, 0.25) is 11.8 Å². The highest BCUT2D eigenvalue weighted by Crippen LogP contribution is 2.45. The smallest absolute Gasteiger partial charge is 0.338 e. The summed E-state index contributed by atoms with van der Waals surface area (Å²) in [6, 6.07) is 30.9. The van der Waals surface area contributed by atoms with E-state index < -0.39 is 92.7 Å². The minimum atomic E-state index is -1.82. The minimum absolute atomic E-state index is 0.0473. The molecule has 0 aromatic heterocycles. The predicted molar refractivity (Wildman–Crippen MR) is 204 cm³/mol. The predicted octanol–water partition coefficient (Wildman–Crippen LogP) is 4.24. The Balaban J connectivity index is 1.14. The lowest BCUT2D eigenvalue weighted by Gasteiger charge is -2.43. The van der Waals surface area contributed by atoms with E-state index in [1.165, 1.54) is 17.0 Å². The van der Waals surface area contributed by atoms with E-state index >= 15 is 0 Å². The van der Waals surface area contributed by atoms with Crippen molar-refractivity contribution < 1.29 is 51.9 Å². The highest BCUT2D eigenvalue weighted by atomic mass is 32.2. The van der Waals surface area contributed by atoms with Crippen molar-refractivity contribution in [1.29, 1.82) is 0 Å². The summed E-state index contributed by atoms with van der Waals surface area (Å²) < 4.78 is 35.9. The van der Waals surface area contributed by atoms with Gasteiger partial charge in [-0.3, -0.25) is 13.8 Å². The molecule has 2 heterocycles. The quantitative estimate of drug-likeness (QED) is 0.124. The van der Waals surface area contributed by atoms with Gasteiger partial charge in [-0.25, -0.2) is 19.2 Å². The van der Waals surface area contributed by atoms with Crippen LogP contribution >= 0.6 is 0 Å². The molecule has 4 aromatic carbocycles. The SMILES string of the molecule is CC1(C)[C@H](C(=O)OCc2ccccc2)N2C(=O)[C@@H](NC(=O)[C@@H]3C[C@H](COC(=O)c4ccccc4)[C@@H](OC(=O)c4ccccc4)[C@H]3OC(=O)c3ccccc3)[C@H]2[S@]1=O. The Labute approximate surface area is 331 Å². The van der Waals surface area contributed by atoms with Crippen molar-refractivity contribution in [2.45, 2.75) is 61.3 Å². The number of nitrogens with zero attached hydrogens (tertiary/aromatic N) is 1. The second-order valence-corrected chi connectivity index (χ2v) is 16.7. The van der Waals surface area contributed by atoms with Gasteiger partial charge in [-0.2, -0.15) is 0 Å². The number of carbonyl (C=O) groups is 6. The van der Waals surface area contributed by atoms with Crippen molar-refractivity contribution in [2.75, 3.05) is 6.61 Å². The molecule has 2 amide bonds. The van der Waals surface area contributed by atoms with E-state index in [9.17, 15) is 33.0 Å². The standard InChI is InChI=1S/C43H40N2O11S/c1-43(2)35(42(51)53-24-26-15-7-3-8-16-26)45-37(47)32(38(45)57(43)52)44-36(46)31-23-30(25-54-39(48)27-17-9-4-10-18-27)33(55-40(49)28-19-11-5-12-20-28)34(31)56-41(50)29-21-13-6-14-22-29/h3-22,30-35,38H,23-25H2,1-2H3,(H,44,46)/t30-,31-,32-,33-,34+,35+,38-,57-/m1/s1. The number of hydrogen-bond donors (Lipinski definition) is 1. The second kappa shape index (κ2) is 16.5. The molecular formula is C43H40N2O11S. The van der Waals surface area contributed by atoms with Crippen molar-refractivity contribution in [3.8, 4) is 0 Å². The molecule has 1 aliphatic carbocycles. The second-order valence-electron chi connectivity index (χ2n) is 14.6. The summed E-state index contributed by atoms with van der Waals surface area (Å²) in [5.74, 6) is -6.39. The molecular weight excluding hydrogens is 753 g/mol. The Kier molecular flexibility index (Phi) is 11.3. The van der Waals surface area contributed by atoms with Gasteiger partial charge in [-0.15, -0.1) is 0 Å². The monoisotopic (exact) mass is 792 g/mol. The first-order valence-electron chi connectivity index (χ1n) is 18.4. The van der Waals surface area contributed by atoms with Crippen molar-refractivity contribution in [1.82, 2.24) is 10.2 Å². The van der Waals surface area contributed by atoms with E-state index in [0.29, 0.717) is 0 Å². The van der Waals surface area contributed by atoms with Gasteiger partial charge in [-0.05, 0) is 62.2 Å². The van der Waals surface area contributed by atoms with Crippen LogP contribution in [0.5, 0.6) is 0 Å². The highest BCUT2D eigenvalue weighted by molar-refractivity contribution is 7.87. The first kappa shape index (κ1) is 39.1. The molecule has 8 atom stereocenters. The van der Waals surface area contributed by atoms with E-state index in [1.54, 1.807) is 117 Å². The maximum absolute atomic E-state index is 14.3. The molecule has 0 spiro atoms. The van der Waals surface area contributed by atoms with E-state index in [2.05, 4.69) is 5.32 Å². The molecule has 0 radical (unpaired) electrons. The van der Waals surface area contributed by atoms with Crippen LogP contribution in [0.2, 0.25) is 0 Å². The lowest BCUT2D eigenvalue weighted by molar-refractivity contribution is -0.165. The molecule has 57 heavy (non-hydrogen) atoms. The van der Waals surface area contributed by atoms with Crippen LogP contribution in [0.4, 0.5) is 0 Å². The van der Waals surface area contributed by atoms with Crippen molar-refractivity contribution in [2.24, 2.45) is 11.8 Å². The summed E-state index contributed by atoms with van der Waals surface area (Å²) in [5.41, 5.74) is 1.38. The number of rotatable bonds is 12. The lowest BCUT2D eigenvalue weighted by atomic mass is 9.95. The average Bonchev–Trinajstić information content (AvgIpc) is 3.66. The van der Waals surface area contributed by atoms with Crippen molar-refractivity contribution >= 4 is 46.5 Å². The fraction of sp³-hybridized carbons (Fsp3) is 0.302. The Morgan fingerprint density at radius 2 is 1.19 bits per heavy atom. The number of β-lactam (4-membered cyclic amide) rings is 1. The molecule has 14 heteroatoms. The summed E-state index contributed by atoms with van der Waals surface area (Å²) in [7, 11) is -1.82. The number of hydrogen-bond acceptors (Lipinski definition) is 11. The van der Waals surface area contributed by atoms with Crippen LogP contribution in [0.15, 0.2) is 121 Å².